The molecule has 318 valence electrons. The van der Waals surface area contributed by atoms with Gasteiger partial charge in [0.05, 0.1) is 28.7 Å². The molecule has 10 rings (SSSR count). The van der Waals surface area contributed by atoms with Crippen molar-refractivity contribution in [2.24, 2.45) is 4.99 Å². The van der Waals surface area contributed by atoms with Crippen LogP contribution in [0.5, 0.6) is 5.75 Å². The second kappa shape index (κ2) is 14.2. The smallest absolute Gasteiger partial charge is 0.149 e. The number of anilines is 1. The van der Waals surface area contributed by atoms with Gasteiger partial charge in [-0.25, -0.2) is 4.98 Å². The minimum Gasteiger partial charge on any atom is -0.507 e. The highest BCUT2D eigenvalue weighted by Gasteiger charge is 2.44. The van der Waals surface area contributed by atoms with E-state index in [0.717, 1.165) is 78.6 Å². The number of aliphatic imine (C=N–C) groups is 1. The highest BCUT2D eigenvalue weighted by molar-refractivity contribution is 6.22. The molecule has 0 fully saturated rings. The van der Waals surface area contributed by atoms with Crippen LogP contribution in [-0.2, 0) is 22.7 Å². The quantitative estimate of drug-likeness (QED) is 0.180. The van der Waals surface area contributed by atoms with Gasteiger partial charge in [-0.3, -0.25) is 9.56 Å². The van der Waals surface area contributed by atoms with Gasteiger partial charge < -0.3 is 10.0 Å². The number of amidine groups is 1. The summed E-state index contributed by atoms with van der Waals surface area (Å²) in [6.45, 7) is 26.7. The van der Waals surface area contributed by atoms with Crippen molar-refractivity contribution in [3.63, 3.8) is 0 Å². The molecular weight excluding hydrogens is 769 g/mol. The number of nitrogens with zero attached hydrogens (tertiary/aromatic N) is 4. The largest absolute Gasteiger partial charge is 0.507 e. The Morgan fingerprint density at radius 1 is 0.651 bits per heavy atom. The van der Waals surface area contributed by atoms with Crippen molar-refractivity contribution < 1.29 is 5.11 Å². The predicted octanol–water partition coefficient (Wildman–Crippen LogP) is 14.5. The first-order valence-electron chi connectivity index (χ1n) is 22.7. The molecule has 0 unspecified atom stereocenters. The maximum atomic E-state index is 12.4. The Hall–Kier alpha value is -6.20. The number of fused-ring (bicyclic) bond motifs is 8. The monoisotopic (exact) mass is 828 g/mol. The molecule has 0 bridgehead atoms. The van der Waals surface area contributed by atoms with E-state index in [-0.39, 0.29) is 34.1 Å². The summed E-state index contributed by atoms with van der Waals surface area (Å²) in [5.74, 6) is 2.03. The maximum Gasteiger partial charge on any atom is 0.149 e. The van der Waals surface area contributed by atoms with Gasteiger partial charge in [0.25, 0.3) is 0 Å². The molecule has 1 N–H and O–H groups in total. The number of phenolic OH excluding ortho intramolecular Hbond substituents is 1. The summed E-state index contributed by atoms with van der Waals surface area (Å²) in [5, 5.41) is 16.9. The van der Waals surface area contributed by atoms with E-state index in [0.29, 0.717) is 0 Å². The van der Waals surface area contributed by atoms with E-state index in [1.807, 2.05) is 0 Å². The van der Waals surface area contributed by atoms with Gasteiger partial charge in [0.1, 0.15) is 17.4 Å². The fourth-order valence-corrected chi connectivity index (χ4v) is 10.5. The van der Waals surface area contributed by atoms with Crippen molar-refractivity contribution in [1.82, 2.24) is 9.55 Å². The van der Waals surface area contributed by atoms with Gasteiger partial charge >= 0.3 is 0 Å². The Morgan fingerprint density at radius 3 is 1.98 bits per heavy atom. The van der Waals surface area contributed by atoms with Crippen LogP contribution in [0, 0.1) is 20.8 Å². The fourth-order valence-electron chi connectivity index (χ4n) is 10.5. The molecule has 0 radical (unpaired) electrons. The molecule has 1 aliphatic carbocycles. The van der Waals surface area contributed by atoms with Gasteiger partial charge in [-0.05, 0) is 123 Å². The van der Waals surface area contributed by atoms with E-state index < -0.39 is 0 Å². The van der Waals surface area contributed by atoms with Crippen LogP contribution in [0.25, 0.3) is 49.7 Å². The van der Waals surface area contributed by atoms with Crippen LogP contribution in [0.4, 0.5) is 5.69 Å². The Labute approximate surface area is 373 Å². The normalized spacial score (nSPS) is 16.6. The molecule has 0 saturated heterocycles. The van der Waals surface area contributed by atoms with E-state index in [9.17, 15) is 5.11 Å². The highest BCUT2D eigenvalue weighted by atomic mass is 16.3. The highest BCUT2D eigenvalue weighted by Crippen LogP contribution is 2.48. The van der Waals surface area contributed by atoms with Gasteiger partial charge in [0.15, 0.2) is 0 Å². The average Bonchev–Trinajstić information content (AvgIpc) is 3.89. The van der Waals surface area contributed by atoms with Crippen LogP contribution < -0.4 is 4.90 Å². The summed E-state index contributed by atoms with van der Waals surface area (Å²) >= 11 is 0. The molecule has 2 aliphatic rings. The first-order valence-corrected chi connectivity index (χ1v) is 22.7. The second-order valence-corrected chi connectivity index (χ2v) is 21.5. The van der Waals surface area contributed by atoms with Gasteiger partial charge in [-0.15, -0.1) is 0 Å². The number of aryl methyl sites for hydroxylation is 3. The Balaban J connectivity index is 1.25. The zero-order valence-corrected chi connectivity index (χ0v) is 39.1. The van der Waals surface area contributed by atoms with Crippen molar-refractivity contribution in [1.29, 1.82) is 0 Å². The molecule has 7 aromatic carbocycles. The fraction of sp³-hybridized carbons (Fsp3) is 0.310. The summed E-state index contributed by atoms with van der Waals surface area (Å²) in [5.41, 5.74) is 15.4. The second-order valence-electron chi connectivity index (χ2n) is 21.5. The first-order chi connectivity index (χ1) is 29.8. The molecule has 5 heteroatoms. The summed E-state index contributed by atoms with van der Waals surface area (Å²) in [7, 11) is 0. The van der Waals surface area contributed by atoms with Crippen molar-refractivity contribution in [3.05, 3.63) is 165 Å². The zero-order chi connectivity index (χ0) is 44.5. The molecule has 0 amide bonds. The van der Waals surface area contributed by atoms with E-state index in [4.69, 9.17) is 9.98 Å². The minimum absolute atomic E-state index is 0.00416. The van der Waals surface area contributed by atoms with Gasteiger partial charge in [-0.1, -0.05) is 153 Å². The standard InChI is InChI=1S/C58H60N4O/c1-33-27-34(2)52(35(3)28-33)62-48-30-38-15-13-14-16-43(38)50(48)59-54(62)39-20-18-36-17-19-37-21-26-47-51(49(37)44(36)29-39)60-55(61(47)42-24-22-40(23-25-42)56(4,5)6)45-31-41(57(7,8)9)32-46(53(45)63)58(10,11)12/h13-29,31-32,48,50,63H,30H2,1-12H3/t48-,50+/m1/s1. The van der Waals surface area contributed by atoms with E-state index in [1.165, 1.54) is 39.1 Å². The molecule has 8 aromatic rings. The number of hydrogen-bond acceptors (Lipinski definition) is 4. The molecule has 1 aromatic heterocycles. The molecular formula is C58H60N4O. The van der Waals surface area contributed by atoms with Crippen LogP contribution in [-0.4, -0.2) is 26.5 Å². The van der Waals surface area contributed by atoms with Crippen molar-refractivity contribution in [3.8, 4) is 22.8 Å². The molecule has 0 saturated carbocycles. The number of rotatable bonds is 4. The van der Waals surface area contributed by atoms with Gasteiger partial charge in [0, 0.05) is 27.9 Å². The van der Waals surface area contributed by atoms with Gasteiger partial charge in [-0.2, -0.15) is 0 Å². The lowest BCUT2D eigenvalue weighted by atomic mass is 9.79. The molecule has 2 heterocycles. The predicted molar refractivity (Wildman–Crippen MR) is 266 cm³/mol. The molecule has 5 nitrogen and oxygen atoms in total. The van der Waals surface area contributed by atoms with Crippen molar-refractivity contribution >= 4 is 44.1 Å². The van der Waals surface area contributed by atoms with Crippen LogP contribution in [0.2, 0.25) is 0 Å². The zero-order valence-electron chi connectivity index (χ0n) is 39.1. The Morgan fingerprint density at radius 2 is 1.30 bits per heavy atom. The Bertz CT molecular complexity index is 3180. The lowest BCUT2D eigenvalue weighted by Crippen LogP contribution is -2.38. The number of benzene rings is 7. The van der Waals surface area contributed by atoms with Crippen LogP contribution in [0.3, 0.4) is 0 Å². The van der Waals surface area contributed by atoms with E-state index in [1.54, 1.807) is 0 Å². The van der Waals surface area contributed by atoms with Gasteiger partial charge in [0.2, 0.25) is 0 Å². The molecule has 63 heavy (non-hydrogen) atoms. The summed E-state index contributed by atoms with van der Waals surface area (Å²) in [6, 6.07) is 42.8. The summed E-state index contributed by atoms with van der Waals surface area (Å²) in [6.07, 6.45) is 0.953. The number of aromatic hydroxyl groups is 1. The van der Waals surface area contributed by atoms with Crippen LogP contribution >= 0.6 is 0 Å². The summed E-state index contributed by atoms with van der Waals surface area (Å²) in [4.78, 5) is 13.9. The third kappa shape index (κ3) is 6.65. The van der Waals surface area contributed by atoms with Crippen molar-refractivity contribution in [2.45, 2.75) is 118 Å². The maximum absolute atomic E-state index is 12.4. The number of aromatic nitrogens is 2. The number of phenols is 1. The Kier molecular flexibility index (Phi) is 9.18. The third-order valence-corrected chi connectivity index (χ3v) is 13.8. The van der Waals surface area contributed by atoms with Crippen molar-refractivity contribution in [2.75, 3.05) is 4.90 Å². The third-order valence-electron chi connectivity index (χ3n) is 13.8. The van der Waals surface area contributed by atoms with E-state index >= 15 is 0 Å². The SMILES string of the molecule is Cc1cc(C)c(N2C(c3ccc4ccc5ccc6c(nc(-c7cc(C(C)(C)C)cc(C(C)(C)C)c7O)n6-c6ccc(C(C)(C)C)cc6)c5c4c3)=N[C@H]3c4ccccc4C[C@H]32)c(C)c1. The number of hydrogen-bond donors (Lipinski definition) is 1. The first kappa shape index (κ1) is 40.8. The minimum atomic E-state index is -0.294. The molecule has 0 spiro atoms. The number of imidazole rings is 1. The lowest BCUT2D eigenvalue weighted by molar-refractivity contribution is 0.446. The lowest BCUT2D eigenvalue weighted by Gasteiger charge is -2.31. The van der Waals surface area contributed by atoms with E-state index in [2.05, 4.69) is 208 Å². The van der Waals surface area contributed by atoms with Crippen LogP contribution in [0.15, 0.2) is 120 Å². The molecule has 1 aliphatic heterocycles. The average molecular weight is 829 g/mol. The summed E-state index contributed by atoms with van der Waals surface area (Å²) < 4.78 is 2.27. The molecule has 2 atom stereocenters. The topological polar surface area (TPSA) is 53.6 Å². The van der Waals surface area contributed by atoms with Crippen LogP contribution in [0.1, 0.15) is 118 Å².